The van der Waals surface area contributed by atoms with E-state index < -0.39 is 0 Å². The fraction of sp³-hybridized carbons (Fsp3) is 0.923. The van der Waals surface area contributed by atoms with E-state index in [9.17, 15) is 0 Å². The van der Waals surface area contributed by atoms with Crippen molar-refractivity contribution in [1.82, 2.24) is 9.80 Å². The Morgan fingerprint density at radius 1 is 0.464 bits per heavy atom. The molecule has 0 saturated heterocycles. The molecular formula is C26H52N2. The molecule has 0 aromatic rings. The van der Waals surface area contributed by atoms with Crippen molar-refractivity contribution in [1.29, 1.82) is 0 Å². The van der Waals surface area contributed by atoms with Crippen molar-refractivity contribution in [3.8, 4) is 0 Å². The van der Waals surface area contributed by atoms with Gasteiger partial charge >= 0.3 is 0 Å². The molecule has 0 saturated carbocycles. The molecule has 1 aliphatic heterocycles. The molecule has 1 rings (SSSR count). The topological polar surface area (TPSA) is 6.48 Å². The van der Waals surface area contributed by atoms with Gasteiger partial charge < -0.3 is 9.80 Å². The third kappa shape index (κ3) is 12.0. The molecule has 28 heavy (non-hydrogen) atoms. The highest BCUT2D eigenvalue weighted by molar-refractivity contribution is 4.96. The third-order valence-electron chi connectivity index (χ3n) is 6.32. The molecule has 1 unspecified atom stereocenters. The van der Waals surface area contributed by atoms with Gasteiger partial charge in [0.25, 0.3) is 0 Å². The van der Waals surface area contributed by atoms with E-state index in [0.29, 0.717) is 6.17 Å². The van der Waals surface area contributed by atoms with Gasteiger partial charge in [0.15, 0.2) is 0 Å². The van der Waals surface area contributed by atoms with Crippen molar-refractivity contribution >= 4 is 0 Å². The second-order valence-electron chi connectivity index (χ2n) is 8.99. The van der Waals surface area contributed by atoms with Gasteiger partial charge in [-0.25, -0.2) is 0 Å². The van der Waals surface area contributed by atoms with Crippen molar-refractivity contribution in [3.63, 3.8) is 0 Å². The third-order valence-corrected chi connectivity index (χ3v) is 6.32. The molecule has 2 nitrogen and oxygen atoms in total. The SMILES string of the molecule is CCCCCCCCCCCN1C=CN(CCCCC)C1CCCCCCC. The molecule has 166 valence electrons. The summed E-state index contributed by atoms with van der Waals surface area (Å²) in [6, 6.07) is 0. The minimum Gasteiger partial charge on any atom is -0.356 e. The predicted octanol–water partition coefficient (Wildman–Crippen LogP) is 8.48. The van der Waals surface area contributed by atoms with Crippen molar-refractivity contribution in [3.05, 3.63) is 12.4 Å². The lowest BCUT2D eigenvalue weighted by atomic mass is 10.1. The lowest BCUT2D eigenvalue weighted by molar-refractivity contribution is 0.135. The minimum atomic E-state index is 0.646. The molecule has 0 aromatic carbocycles. The van der Waals surface area contributed by atoms with E-state index in [1.807, 2.05) is 0 Å². The summed E-state index contributed by atoms with van der Waals surface area (Å²) in [5.74, 6) is 0. The van der Waals surface area contributed by atoms with Crippen LogP contribution in [0.1, 0.15) is 136 Å². The summed E-state index contributed by atoms with van der Waals surface area (Å²) in [6.07, 6.45) is 30.6. The van der Waals surface area contributed by atoms with Crippen LogP contribution in [0.2, 0.25) is 0 Å². The zero-order chi connectivity index (χ0) is 20.3. The van der Waals surface area contributed by atoms with Crippen molar-refractivity contribution in [2.75, 3.05) is 13.1 Å². The van der Waals surface area contributed by atoms with Crippen LogP contribution in [0.4, 0.5) is 0 Å². The van der Waals surface area contributed by atoms with Crippen molar-refractivity contribution < 1.29 is 0 Å². The molecule has 0 N–H and O–H groups in total. The Hall–Kier alpha value is -0.660. The lowest BCUT2D eigenvalue weighted by Crippen LogP contribution is -2.39. The summed E-state index contributed by atoms with van der Waals surface area (Å²) < 4.78 is 0. The van der Waals surface area contributed by atoms with Gasteiger partial charge in [-0.15, -0.1) is 0 Å². The summed E-state index contributed by atoms with van der Waals surface area (Å²) >= 11 is 0. The smallest absolute Gasteiger partial charge is 0.101 e. The second kappa shape index (κ2) is 18.4. The van der Waals surface area contributed by atoms with Crippen LogP contribution in [0, 0.1) is 0 Å². The summed E-state index contributed by atoms with van der Waals surface area (Å²) in [5, 5.41) is 0. The Balaban J connectivity index is 2.22. The van der Waals surface area contributed by atoms with Crippen LogP contribution in [0.5, 0.6) is 0 Å². The normalized spacial score (nSPS) is 16.5. The molecule has 0 bridgehead atoms. The fourth-order valence-corrected chi connectivity index (χ4v) is 4.42. The first-order chi connectivity index (χ1) is 13.8. The Morgan fingerprint density at radius 3 is 1.32 bits per heavy atom. The standard InChI is InChI=1S/C26H52N2/c1-4-7-10-12-13-14-15-17-20-23-28-25-24-27(22-19-9-6-3)26(28)21-18-16-11-8-5-2/h24-26H,4-23H2,1-3H3. The van der Waals surface area contributed by atoms with Crippen LogP contribution in [0.3, 0.4) is 0 Å². The second-order valence-corrected chi connectivity index (χ2v) is 8.99. The Labute approximate surface area is 178 Å². The van der Waals surface area contributed by atoms with E-state index in [0.717, 1.165) is 0 Å². The molecular weight excluding hydrogens is 340 g/mol. The van der Waals surface area contributed by atoms with E-state index >= 15 is 0 Å². The molecule has 0 aromatic heterocycles. The maximum absolute atomic E-state index is 2.66. The molecule has 0 radical (unpaired) electrons. The fourth-order valence-electron chi connectivity index (χ4n) is 4.42. The summed E-state index contributed by atoms with van der Waals surface area (Å²) in [5.41, 5.74) is 0. The Bertz CT molecular complexity index is 352. The van der Waals surface area contributed by atoms with Gasteiger partial charge in [0.2, 0.25) is 0 Å². The highest BCUT2D eigenvalue weighted by Gasteiger charge is 2.24. The van der Waals surface area contributed by atoms with Crippen LogP contribution in [0.25, 0.3) is 0 Å². The molecule has 0 spiro atoms. The average Bonchev–Trinajstić information content (AvgIpc) is 3.08. The van der Waals surface area contributed by atoms with E-state index in [2.05, 4.69) is 43.0 Å². The van der Waals surface area contributed by atoms with E-state index in [4.69, 9.17) is 0 Å². The summed E-state index contributed by atoms with van der Waals surface area (Å²) in [4.78, 5) is 5.30. The molecule has 0 amide bonds. The predicted molar refractivity (Wildman–Crippen MR) is 126 cm³/mol. The molecule has 2 heteroatoms. The lowest BCUT2D eigenvalue weighted by Gasteiger charge is -2.33. The van der Waals surface area contributed by atoms with Crippen LogP contribution in [0.15, 0.2) is 12.4 Å². The molecule has 1 aliphatic rings. The largest absolute Gasteiger partial charge is 0.356 e. The molecule has 0 fully saturated rings. The van der Waals surface area contributed by atoms with Gasteiger partial charge in [0.05, 0.1) is 0 Å². The van der Waals surface area contributed by atoms with Crippen LogP contribution < -0.4 is 0 Å². The van der Waals surface area contributed by atoms with Crippen LogP contribution >= 0.6 is 0 Å². The van der Waals surface area contributed by atoms with Crippen LogP contribution in [-0.2, 0) is 0 Å². The first kappa shape index (κ1) is 25.4. The van der Waals surface area contributed by atoms with Crippen molar-refractivity contribution in [2.45, 2.75) is 143 Å². The maximum atomic E-state index is 2.66. The van der Waals surface area contributed by atoms with Gasteiger partial charge in [0, 0.05) is 25.5 Å². The first-order valence-electron chi connectivity index (χ1n) is 13.0. The monoisotopic (exact) mass is 392 g/mol. The molecule has 0 aliphatic carbocycles. The quantitative estimate of drug-likeness (QED) is 0.192. The number of hydrogen-bond acceptors (Lipinski definition) is 2. The Morgan fingerprint density at radius 2 is 0.821 bits per heavy atom. The van der Waals surface area contributed by atoms with Gasteiger partial charge in [-0.3, -0.25) is 0 Å². The number of hydrogen-bond donors (Lipinski definition) is 0. The van der Waals surface area contributed by atoms with Gasteiger partial charge in [-0.2, -0.15) is 0 Å². The van der Waals surface area contributed by atoms with Gasteiger partial charge in [0.1, 0.15) is 6.17 Å². The number of nitrogens with zero attached hydrogens (tertiary/aromatic N) is 2. The van der Waals surface area contributed by atoms with E-state index in [-0.39, 0.29) is 0 Å². The van der Waals surface area contributed by atoms with Crippen LogP contribution in [-0.4, -0.2) is 29.1 Å². The average molecular weight is 393 g/mol. The molecule has 1 heterocycles. The van der Waals surface area contributed by atoms with Gasteiger partial charge in [-0.1, -0.05) is 111 Å². The summed E-state index contributed by atoms with van der Waals surface area (Å²) in [6.45, 7) is 9.43. The summed E-state index contributed by atoms with van der Waals surface area (Å²) in [7, 11) is 0. The maximum Gasteiger partial charge on any atom is 0.101 e. The highest BCUT2D eigenvalue weighted by atomic mass is 15.4. The zero-order valence-electron chi connectivity index (χ0n) is 19.8. The number of rotatable bonds is 20. The van der Waals surface area contributed by atoms with E-state index in [1.165, 1.54) is 129 Å². The van der Waals surface area contributed by atoms with Gasteiger partial charge in [-0.05, 0) is 25.7 Å². The zero-order valence-corrected chi connectivity index (χ0v) is 19.8. The number of unbranched alkanes of at least 4 members (excludes halogenated alkanes) is 14. The highest BCUT2D eigenvalue weighted by Crippen LogP contribution is 2.23. The molecule has 1 atom stereocenters. The van der Waals surface area contributed by atoms with Crippen molar-refractivity contribution in [2.24, 2.45) is 0 Å². The van der Waals surface area contributed by atoms with E-state index in [1.54, 1.807) is 0 Å². The Kier molecular flexibility index (Phi) is 16.7. The first-order valence-corrected chi connectivity index (χ1v) is 13.0. The minimum absolute atomic E-state index is 0.646.